The van der Waals surface area contributed by atoms with Crippen molar-refractivity contribution in [1.29, 1.82) is 0 Å². The highest BCUT2D eigenvalue weighted by atomic mass is 16.1. The maximum absolute atomic E-state index is 11.2. The number of aromatic amines is 1. The second-order valence-corrected chi connectivity index (χ2v) is 5.95. The van der Waals surface area contributed by atoms with E-state index >= 15 is 0 Å². The maximum atomic E-state index is 11.2. The molecule has 2 aromatic carbocycles. The number of aryl methyl sites for hydroxylation is 1. The summed E-state index contributed by atoms with van der Waals surface area (Å²) in [5.74, 6) is -0.0820. The number of carbonyl (C=O) groups excluding carboxylic acids is 1. The molecule has 0 bridgehead atoms. The minimum atomic E-state index is -0.0820. The van der Waals surface area contributed by atoms with Gasteiger partial charge in [0, 0.05) is 42.5 Å². The summed E-state index contributed by atoms with van der Waals surface area (Å²) in [4.78, 5) is 11.2. The van der Waals surface area contributed by atoms with Crippen LogP contribution in [-0.4, -0.2) is 25.9 Å². The number of fused-ring (bicyclic) bond motifs is 2. The highest BCUT2D eigenvalue weighted by Gasteiger charge is 2.09. The van der Waals surface area contributed by atoms with Crippen molar-refractivity contribution in [3.63, 3.8) is 0 Å². The van der Waals surface area contributed by atoms with Crippen LogP contribution in [0.25, 0.3) is 21.8 Å². The zero-order chi connectivity index (χ0) is 16.7. The van der Waals surface area contributed by atoms with Crippen molar-refractivity contribution in [2.24, 2.45) is 7.05 Å². The molecule has 2 N–H and O–H groups in total. The van der Waals surface area contributed by atoms with Crippen molar-refractivity contribution in [3.05, 3.63) is 53.9 Å². The third-order valence-electron chi connectivity index (χ3n) is 4.14. The van der Waals surface area contributed by atoms with Crippen molar-refractivity contribution in [3.8, 4) is 0 Å². The van der Waals surface area contributed by atoms with Crippen LogP contribution in [0.1, 0.15) is 18.2 Å². The van der Waals surface area contributed by atoms with Gasteiger partial charge in [-0.2, -0.15) is 10.2 Å². The average Bonchev–Trinajstić information content (AvgIpc) is 3.11. The van der Waals surface area contributed by atoms with E-state index in [2.05, 4.69) is 38.8 Å². The fourth-order valence-electron chi connectivity index (χ4n) is 3.01. The normalized spacial score (nSPS) is 11.2. The van der Waals surface area contributed by atoms with Gasteiger partial charge in [0.25, 0.3) is 0 Å². The van der Waals surface area contributed by atoms with Crippen molar-refractivity contribution in [1.82, 2.24) is 20.0 Å². The molecule has 0 saturated heterocycles. The fourth-order valence-corrected chi connectivity index (χ4v) is 3.01. The molecule has 0 aliphatic carbocycles. The molecule has 4 aromatic rings. The topological polar surface area (TPSA) is 75.6 Å². The van der Waals surface area contributed by atoms with E-state index in [1.807, 2.05) is 36.1 Å². The third kappa shape index (κ3) is 2.52. The first-order valence-corrected chi connectivity index (χ1v) is 7.75. The number of anilines is 1. The molecule has 0 saturated carbocycles. The zero-order valence-electron chi connectivity index (χ0n) is 13.5. The van der Waals surface area contributed by atoms with Gasteiger partial charge in [0.2, 0.25) is 5.91 Å². The lowest BCUT2D eigenvalue weighted by atomic mass is 10.0. The van der Waals surface area contributed by atoms with E-state index in [9.17, 15) is 4.79 Å². The highest BCUT2D eigenvalue weighted by Crippen LogP contribution is 2.24. The molecule has 0 radical (unpaired) electrons. The number of benzene rings is 2. The van der Waals surface area contributed by atoms with Gasteiger partial charge >= 0.3 is 0 Å². The molecule has 0 aliphatic rings. The van der Waals surface area contributed by atoms with E-state index in [-0.39, 0.29) is 5.91 Å². The highest BCUT2D eigenvalue weighted by molar-refractivity contribution is 5.93. The Bertz CT molecular complexity index is 1060. The first-order valence-electron chi connectivity index (χ1n) is 7.75. The van der Waals surface area contributed by atoms with Gasteiger partial charge in [-0.05, 0) is 35.9 Å². The first kappa shape index (κ1) is 14.4. The molecular formula is C18H17N5O. The summed E-state index contributed by atoms with van der Waals surface area (Å²) in [5.41, 5.74) is 4.99. The first-order chi connectivity index (χ1) is 11.6. The number of nitrogens with zero attached hydrogens (tertiary/aromatic N) is 3. The number of rotatable bonds is 3. The van der Waals surface area contributed by atoms with Crippen LogP contribution in [0.4, 0.5) is 5.69 Å². The van der Waals surface area contributed by atoms with Crippen molar-refractivity contribution >= 4 is 33.4 Å². The molecule has 1 amide bonds. The van der Waals surface area contributed by atoms with Gasteiger partial charge in [-0.15, -0.1) is 0 Å². The van der Waals surface area contributed by atoms with E-state index in [4.69, 9.17) is 0 Å². The summed E-state index contributed by atoms with van der Waals surface area (Å²) in [7, 11) is 1.94. The number of carbonyl (C=O) groups is 1. The van der Waals surface area contributed by atoms with Gasteiger partial charge in [0.05, 0.1) is 17.2 Å². The molecule has 0 spiro atoms. The molecule has 24 heavy (non-hydrogen) atoms. The number of hydrogen-bond acceptors (Lipinski definition) is 3. The number of nitrogens with one attached hydrogen (secondary N) is 2. The van der Waals surface area contributed by atoms with Gasteiger partial charge in [-0.25, -0.2) is 0 Å². The van der Waals surface area contributed by atoms with Gasteiger partial charge < -0.3 is 5.32 Å². The second kappa shape index (κ2) is 5.49. The van der Waals surface area contributed by atoms with Crippen molar-refractivity contribution in [2.75, 3.05) is 5.32 Å². The Morgan fingerprint density at radius 2 is 2.12 bits per heavy atom. The van der Waals surface area contributed by atoms with Crippen LogP contribution in [0.3, 0.4) is 0 Å². The van der Waals surface area contributed by atoms with Crippen LogP contribution in [0.15, 0.2) is 42.6 Å². The van der Waals surface area contributed by atoms with Crippen LogP contribution in [0, 0.1) is 0 Å². The summed E-state index contributed by atoms with van der Waals surface area (Å²) in [6.45, 7) is 1.50. The standard InChI is InChI=1S/C18H17N5O/c1-11(24)20-14-4-5-16-15(9-14)17(22-21-16)8-12-3-6-18-13(7-12)10-19-23(18)2/h3-7,9-10H,8H2,1-2H3,(H,20,24)(H,21,22). The lowest BCUT2D eigenvalue weighted by molar-refractivity contribution is -0.114. The number of amides is 1. The molecule has 6 nitrogen and oxygen atoms in total. The van der Waals surface area contributed by atoms with Gasteiger partial charge in [-0.1, -0.05) is 6.07 Å². The van der Waals surface area contributed by atoms with E-state index in [0.29, 0.717) is 0 Å². The summed E-state index contributed by atoms with van der Waals surface area (Å²) in [5, 5.41) is 16.7. The predicted molar refractivity (Wildman–Crippen MR) is 93.9 cm³/mol. The van der Waals surface area contributed by atoms with E-state index in [1.165, 1.54) is 12.5 Å². The molecule has 2 aromatic heterocycles. The second-order valence-electron chi connectivity index (χ2n) is 5.95. The predicted octanol–water partition coefficient (Wildman–Crippen LogP) is 3.00. The molecule has 4 rings (SSSR count). The molecule has 120 valence electrons. The number of aromatic nitrogens is 4. The summed E-state index contributed by atoms with van der Waals surface area (Å²) >= 11 is 0. The summed E-state index contributed by atoms with van der Waals surface area (Å²) in [6.07, 6.45) is 2.61. The van der Waals surface area contributed by atoms with Crippen LogP contribution in [0.2, 0.25) is 0 Å². The SMILES string of the molecule is CC(=O)Nc1ccc2n[nH]c(Cc3ccc4c(cnn4C)c3)c2c1. The molecule has 0 unspecified atom stereocenters. The van der Waals surface area contributed by atoms with E-state index in [1.54, 1.807) is 0 Å². The van der Waals surface area contributed by atoms with E-state index < -0.39 is 0 Å². The Balaban J connectivity index is 1.70. The van der Waals surface area contributed by atoms with Crippen molar-refractivity contribution in [2.45, 2.75) is 13.3 Å². The maximum Gasteiger partial charge on any atom is 0.221 e. The fraction of sp³-hybridized carbons (Fsp3) is 0.167. The molecular weight excluding hydrogens is 302 g/mol. The van der Waals surface area contributed by atoms with Crippen LogP contribution >= 0.6 is 0 Å². The zero-order valence-corrected chi connectivity index (χ0v) is 13.5. The van der Waals surface area contributed by atoms with Gasteiger partial charge in [0.15, 0.2) is 0 Å². The Morgan fingerprint density at radius 1 is 1.25 bits per heavy atom. The largest absolute Gasteiger partial charge is 0.326 e. The van der Waals surface area contributed by atoms with Crippen LogP contribution in [0.5, 0.6) is 0 Å². The smallest absolute Gasteiger partial charge is 0.221 e. The Kier molecular flexibility index (Phi) is 3.30. The molecule has 0 aliphatic heterocycles. The number of hydrogen-bond donors (Lipinski definition) is 2. The Labute approximate surface area is 138 Å². The minimum absolute atomic E-state index is 0.0820. The van der Waals surface area contributed by atoms with Crippen LogP contribution in [-0.2, 0) is 18.3 Å². The van der Waals surface area contributed by atoms with Crippen LogP contribution < -0.4 is 5.32 Å². The summed E-state index contributed by atoms with van der Waals surface area (Å²) in [6, 6.07) is 12.1. The minimum Gasteiger partial charge on any atom is -0.326 e. The lowest BCUT2D eigenvalue weighted by Gasteiger charge is -2.04. The van der Waals surface area contributed by atoms with Gasteiger partial charge in [0.1, 0.15) is 0 Å². The van der Waals surface area contributed by atoms with Gasteiger partial charge in [-0.3, -0.25) is 14.6 Å². The third-order valence-corrected chi connectivity index (χ3v) is 4.14. The molecule has 0 atom stereocenters. The van der Waals surface area contributed by atoms with E-state index in [0.717, 1.165) is 39.6 Å². The molecule has 2 heterocycles. The monoisotopic (exact) mass is 319 g/mol. The Morgan fingerprint density at radius 3 is 2.96 bits per heavy atom. The average molecular weight is 319 g/mol. The molecule has 0 fully saturated rings. The quantitative estimate of drug-likeness (QED) is 0.609. The number of H-pyrrole nitrogens is 1. The lowest BCUT2D eigenvalue weighted by Crippen LogP contribution is -2.05. The Hall–Kier alpha value is -3.15. The summed E-state index contributed by atoms with van der Waals surface area (Å²) < 4.78 is 1.87. The van der Waals surface area contributed by atoms with Crippen molar-refractivity contribution < 1.29 is 4.79 Å². The molecule has 6 heteroatoms.